The maximum Gasteiger partial charge on any atom is 0.218 e. The second-order valence-electron chi connectivity index (χ2n) is 5.84. The molecule has 0 aliphatic carbocycles. The van der Waals surface area contributed by atoms with E-state index in [1.165, 1.54) is 6.42 Å². The van der Waals surface area contributed by atoms with Crippen LogP contribution in [0.25, 0.3) is 0 Å². The second-order valence-corrected chi connectivity index (χ2v) is 5.84. The molecule has 0 aromatic carbocycles. The molecule has 1 heterocycles. The van der Waals surface area contributed by atoms with Gasteiger partial charge in [0.15, 0.2) is 5.96 Å². The Bertz CT molecular complexity index is 480. The molecule has 0 spiro atoms. The molecule has 0 radical (unpaired) electrons. The molecule has 0 aliphatic heterocycles. The van der Waals surface area contributed by atoms with Crippen molar-refractivity contribution in [3.8, 4) is 5.88 Å². The molecule has 0 aliphatic rings. The van der Waals surface area contributed by atoms with Gasteiger partial charge in [0.05, 0.1) is 6.61 Å². The van der Waals surface area contributed by atoms with Crippen LogP contribution in [0.1, 0.15) is 51.5 Å². The summed E-state index contributed by atoms with van der Waals surface area (Å²) in [6.07, 6.45) is 7.17. The topological polar surface area (TPSA) is 67.8 Å². The molecule has 0 atom stereocenters. The highest BCUT2D eigenvalue weighted by Gasteiger charge is 2.05. The van der Waals surface area contributed by atoms with Crippen LogP contribution in [0.3, 0.4) is 0 Å². The van der Waals surface area contributed by atoms with Crippen molar-refractivity contribution in [3.63, 3.8) is 0 Å². The van der Waals surface area contributed by atoms with Crippen LogP contribution < -0.4 is 15.4 Å². The van der Waals surface area contributed by atoms with Crippen LogP contribution in [0.5, 0.6) is 5.88 Å². The monoisotopic (exact) mass is 350 g/mol. The summed E-state index contributed by atoms with van der Waals surface area (Å²) in [5.41, 5.74) is 1.03. The summed E-state index contributed by atoms with van der Waals surface area (Å²) >= 11 is 0. The average molecular weight is 351 g/mol. The van der Waals surface area contributed by atoms with Crippen LogP contribution in [0.2, 0.25) is 0 Å². The molecular formula is C19H34N4O2. The lowest BCUT2D eigenvalue weighted by Crippen LogP contribution is -2.37. The first-order valence-corrected chi connectivity index (χ1v) is 9.40. The van der Waals surface area contributed by atoms with Crippen molar-refractivity contribution in [3.05, 3.63) is 23.9 Å². The van der Waals surface area contributed by atoms with Gasteiger partial charge in [0.25, 0.3) is 0 Å². The molecule has 1 aromatic heterocycles. The lowest BCUT2D eigenvalue weighted by atomic mass is 10.2. The zero-order valence-corrected chi connectivity index (χ0v) is 16.0. The Labute approximate surface area is 152 Å². The van der Waals surface area contributed by atoms with Gasteiger partial charge < -0.3 is 20.1 Å². The highest BCUT2D eigenvalue weighted by molar-refractivity contribution is 5.79. The first kappa shape index (κ1) is 21.2. The fourth-order valence-electron chi connectivity index (χ4n) is 2.13. The van der Waals surface area contributed by atoms with E-state index in [-0.39, 0.29) is 0 Å². The van der Waals surface area contributed by atoms with Gasteiger partial charge in [-0.1, -0.05) is 32.8 Å². The van der Waals surface area contributed by atoms with Gasteiger partial charge in [-0.3, -0.25) is 4.99 Å². The minimum absolute atomic E-state index is 0.627. The van der Waals surface area contributed by atoms with E-state index in [4.69, 9.17) is 9.47 Å². The molecule has 1 aromatic rings. The standard InChI is InChI=1S/C19H34N4O2/c1-4-6-13-24-14-9-12-22-19(20-3)23-16-17-10-8-11-21-18(17)25-15-7-5-2/h8,10-11H,4-7,9,12-16H2,1-3H3,(H2,20,22,23). The first-order chi connectivity index (χ1) is 12.3. The zero-order valence-electron chi connectivity index (χ0n) is 16.0. The Morgan fingerprint density at radius 2 is 1.84 bits per heavy atom. The third-order valence-electron chi connectivity index (χ3n) is 3.66. The van der Waals surface area contributed by atoms with Gasteiger partial charge >= 0.3 is 0 Å². The van der Waals surface area contributed by atoms with Crippen molar-refractivity contribution in [2.45, 2.75) is 52.5 Å². The molecule has 0 amide bonds. The number of nitrogens with zero attached hydrogens (tertiary/aromatic N) is 2. The Morgan fingerprint density at radius 1 is 1.08 bits per heavy atom. The molecule has 6 heteroatoms. The Morgan fingerprint density at radius 3 is 2.60 bits per heavy atom. The molecule has 0 saturated carbocycles. The number of hydrogen-bond acceptors (Lipinski definition) is 4. The first-order valence-electron chi connectivity index (χ1n) is 9.40. The number of ether oxygens (including phenoxy) is 2. The molecule has 142 valence electrons. The van der Waals surface area contributed by atoms with Crippen molar-refractivity contribution in [1.82, 2.24) is 15.6 Å². The number of rotatable bonds is 13. The van der Waals surface area contributed by atoms with Crippen molar-refractivity contribution >= 4 is 5.96 Å². The van der Waals surface area contributed by atoms with Gasteiger partial charge in [-0.05, 0) is 25.3 Å². The third-order valence-corrected chi connectivity index (χ3v) is 3.66. The predicted molar refractivity (Wildman–Crippen MR) is 103 cm³/mol. The number of hydrogen-bond donors (Lipinski definition) is 2. The van der Waals surface area contributed by atoms with E-state index in [1.54, 1.807) is 13.2 Å². The van der Waals surface area contributed by atoms with Crippen LogP contribution in [0.4, 0.5) is 0 Å². The van der Waals surface area contributed by atoms with Gasteiger partial charge in [0.1, 0.15) is 0 Å². The summed E-state index contributed by atoms with van der Waals surface area (Å²) in [6.45, 7) is 8.11. The van der Waals surface area contributed by atoms with Crippen LogP contribution in [-0.4, -0.2) is 44.4 Å². The SMILES string of the molecule is CCCCOCCCNC(=NC)NCc1cccnc1OCCCC. The Hall–Kier alpha value is -1.82. The average Bonchev–Trinajstić information content (AvgIpc) is 2.64. The molecule has 1 rings (SSSR count). The van der Waals surface area contributed by atoms with Gasteiger partial charge in [-0.25, -0.2) is 4.98 Å². The predicted octanol–water partition coefficient (Wildman–Crippen LogP) is 3.13. The largest absolute Gasteiger partial charge is 0.477 e. The number of unbranched alkanes of at least 4 members (excludes halogenated alkanes) is 2. The van der Waals surface area contributed by atoms with E-state index in [1.807, 2.05) is 12.1 Å². The van der Waals surface area contributed by atoms with Crippen LogP contribution in [-0.2, 0) is 11.3 Å². The zero-order chi connectivity index (χ0) is 18.2. The highest BCUT2D eigenvalue weighted by Crippen LogP contribution is 2.14. The van der Waals surface area contributed by atoms with E-state index < -0.39 is 0 Å². The molecule has 0 bridgehead atoms. The van der Waals surface area contributed by atoms with Crippen molar-refractivity contribution in [2.24, 2.45) is 4.99 Å². The van der Waals surface area contributed by atoms with E-state index in [9.17, 15) is 0 Å². The molecule has 0 fully saturated rings. The summed E-state index contributed by atoms with van der Waals surface area (Å²) in [6, 6.07) is 3.95. The minimum atomic E-state index is 0.627. The summed E-state index contributed by atoms with van der Waals surface area (Å²) in [5.74, 6) is 1.47. The summed E-state index contributed by atoms with van der Waals surface area (Å²) in [5, 5.41) is 6.61. The highest BCUT2D eigenvalue weighted by atomic mass is 16.5. The quantitative estimate of drug-likeness (QED) is 0.325. The van der Waals surface area contributed by atoms with Crippen LogP contribution in [0, 0.1) is 0 Å². The second kappa shape index (κ2) is 14.5. The Balaban J connectivity index is 2.30. The number of aliphatic imine (C=N–C) groups is 1. The fraction of sp³-hybridized carbons (Fsp3) is 0.684. The smallest absolute Gasteiger partial charge is 0.218 e. The van der Waals surface area contributed by atoms with Gasteiger partial charge in [0, 0.05) is 45.1 Å². The fourth-order valence-corrected chi connectivity index (χ4v) is 2.13. The number of nitrogens with one attached hydrogen (secondary N) is 2. The van der Waals surface area contributed by atoms with E-state index in [0.717, 1.165) is 57.0 Å². The molecular weight excluding hydrogens is 316 g/mol. The molecule has 2 N–H and O–H groups in total. The summed E-state index contributed by atoms with van der Waals surface area (Å²) in [7, 11) is 1.77. The van der Waals surface area contributed by atoms with Crippen LogP contribution in [0.15, 0.2) is 23.3 Å². The summed E-state index contributed by atoms with van der Waals surface area (Å²) < 4.78 is 11.3. The minimum Gasteiger partial charge on any atom is -0.477 e. The third kappa shape index (κ3) is 9.92. The molecule has 0 unspecified atom stereocenters. The molecule has 25 heavy (non-hydrogen) atoms. The van der Waals surface area contributed by atoms with E-state index in [0.29, 0.717) is 19.0 Å². The Kier molecular flexibility index (Phi) is 12.3. The van der Waals surface area contributed by atoms with Gasteiger partial charge in [-0.2, -0.15) is 0 Å². The van der Waals surface area contributed by atoms with Crippen LogP contribution >= 0.6 is 0 Å². The van der Waals surface area contributed by atoms with E-state index in [2.05, 4.69) is 34.5 Å². The number of pyridine rings is 1. The van der Waals surface area contributed by atoms with Crippen molar-refractivity contribution < 1.29 is 9.47 Å². The maximum atomic E-state index is 5.76. The van der Waals surface area contributed by atoms with Gasteiger partial charge in [-0.15, -0.1) is 0 Å². The maximum absolute atomic E-state index is 5.76. The lowest BCUT2D eigenvalue weighted by molar-refractivity contribution is 0.129. The number of guanidine groups is 1. The van der Waals surface area contributed by atoms with Gasteiger partial charge in [0.2, 0.25) is 5.88 Å². The van der Waals surface area contributed by atoms with E-state index >= 15 is 0 Å². The number of aromatic nitrogens is 1. The normalized spacial score (nSPS) is 11.4. The summed E-state index contributed by atoms with van der Waals surface area (Å²) in [4.78, 5) is 8.57. The van der Waals surface area contributed by atoms with Crippen molar-refractivity contribution in [2.75, 3.05) is 33.4 Å². The van der Waals surface area contributed by atoms with Crippen molar-refractivity contribution in [1.29, 1.82) is 0 Å². The molecule has 0 saturated heterocycles. The molecule has 6 nitrogen and oxygen atoms in total. The lowest BCUT2D eigenvalue weighted by Gasteiger charge is -2.14.